The number of nitrogens with one attached hydrogen (secondary N) is 1. The van der Waals surface area contributed by atoms with E-state index in [0.29, 0.717) is 5.95 Å². The lowest BCUT2D eigenvalue weighted by molar-refractivity contribution is 0.622. The van der Waals surface area contributed by atoms with E-state index in [1.54, 1.807) is 6.20 Å². The minimum absolute atomic E-state index is 0.0965. The molecule has 0 aliphatic carbocycles. The number of benzene rings is 1. The van der Waals surface area contributed by atoms with Gasteiger partial charge in [0.15, 0.2) is 5.82 Å². The van der Waals surface area contributed by atoms with Crippen molar-refractivity contribution in [1.29, 1.82) is 0 Å². The van der Waals surface area contributed by atoms with Crippen molar-refractivity contribution in [2.75, 3.05) is 16.8 Å². The summed E-state index contributed by atoms with van der Waals surface area (Å²) in [5.41, 5.74) is 2.24. The van der Waals surface area contributed by atoms with Gasteiger partial charge in [0, 0.05) is 17.8 Å². The Balaban J connectivity index is 2.32. The molecule has 0 atom stereocenters. The highest BCUT2D eigenvalue weighted by Gasteiger charge is 2.14. The number of rotatable bonds is 4. The summed E-state index contributed by atoms with van der Waals surface area (Å²) in [6.07, 6.45) is 1.69. The quantitative estimate of drug-likeness (QED) is 0.931. The molecular weight excluding hydrogens is 262 g/mol. The van der Waals surface area contributed by atoms with Crippen LogP contribution < -0.4 is 10.2 Å². The SMILES string of the molecule is CCN(c1cccc(C)c1)c1cnnc(NC(C)(C)C)n1. The zero-order chi connectivity index (χ0) is 15.5. The fourth-order valence-corrected chi connectivity index (χ4v) is 2.09. The smallest absolute Gasteiger partial charge is 0.245 e. The minimum Gasteiger partial charge on any atom is -0.348 e. The van der Waals surface area contributed by atoms with Crippen LogP contribution in [-0.4, -0.2) is 27.3 Å². The van der Waals surface area contributed by atoms with E-state index in [1.807, 2.05) is 0 Å². The van der Waals surface area contributed by atoms with Gasteiger partial charge in [0.25, 0.3) is 0 Å². The number of aryl methyl sites for hydroxylation is 1. The minimum atomic E-state index is -0.0965. The predicted molar refractivity (Wildman–Crippen MR) is 87.1 cm³/mol. The van der Waals surface area contributed by atoms with Gasteiger partial charge in [0.05, 0.1) is 6.20 Å². The number of hydrogen-bond acceptors (Lipinski definition) is 5. The largest absolute Gasteiger partial charge is 0.348 e. The van der Waals surface area contributed by atoms with Gasteiger partial charge in [-0.1, -0.05) is 12.1 Å². The van der Waals surface area contributed by atoms with Crippen molar-refractivity contribution in [3.05, 3.63) is 36.0 Å². The monoisotopic (exact) mass is 285 g/mol. The molecule has 2 rings (SSSR count). The summed E-state index contributed by atoms with van der Waals surface area (Å²) >= 11 is 0. The normalized spacial score (nSPS) is 11.3. The van der Waals surface area contributed by atoms with Crippen molar-refractivity contribution in [3.63, 3.8) is 0 Å². The van der Waals surface area contributed by atoms with Gasteiger partial charge in [0.1, 0.15) is 0 Å². The molecule has 0 bridgehead atoms. The second kappa shape index (κ2) is 6.08. The molecule has 1 heterocycles. The van der Waals surface area contributed by atoms with Gasteiger partial charge in [-0.3, -0.25) is 0 Å². The molecule has 1 N–H and O–H groups in total. The Morgan fingerprint density at radius 3 is 2.62 bits per heavy atom. The first-order valence-corrected chi connectivity index (χ1v) is 7.21. The molecule has 21 heavy (non-hydrogen) atoms. The number of hydrogen-bond donors (Lipinski definition) is 1. The van der Waals surface area contributed by atoms with E-state index in [4.69, 9.17) is 0 Å². The number of aromatic nitrogens is 3. The maximum atomic E-state index is 4.58. The first kappa shape index (κ1) is 15.2. The molecule has 0 unspecified atom stereocenters. The van der Waals surface area contributed by atoms with Crippen molar-refractivity contribution in [2.24, 2.45) is 0 Å². The van der Waals surface area contributed by atoms with E-state index in [9.17, 15) is 0 Å². The van der Waals surface area contributed by atoms with Gasteiger partial charge >= 0.3 is 0 Å². The van der Waals surface area contributed by atoms with Crippen LogP contribution in [-0.2, 0) is 0 Å². The summed E-state index contributed by atoms with van der Waals surface area (Å²) in [5, 5.41) is 11.4. The standard InChI is InChI=1S/C16H23N5/c1-6-21(13-9-7-8-12(2)10-13)14-11-17-20-15(18-14)19-16(3,4)5/h7-11H,6H2,1-5H3,(H,18,19,20). The van der Waals surface area contributed by atoms with Crippen LogP contribution in [0.25, 0.3) is 0 Å². The van der Waals surface area contributed by atoms with Crippen molar-refractivity contribution >= 4 is 17.5 Å². The third-order valence-electron chi connectivity index (χ3n) is 2.94. The highest BCUT2D eigenvalue weighted by atomic mass is 15.3. The van der Waals surface area contributed by atoms with E-state index >= 15 is 0 Å². The average Bonchev–Trinajstić information content (AvgIpc) is 2.38. The maximum absolute atomic E-state index is 4.58. The molecule has 5 nitrogen and oxygen atoms in total. The molecule has 0 aliphatic heterocycles. The summed E-state index contributed by atoms with van der Waals surface area (Å²) in [6, 6.07) is 8.36. The van der Waals surface area contributed by atoms with Crippen LogP contribution in [0.2, 0.25) is 0 Å². The van der Waals surface area contributed by atoms with Gasteiger partial charge in [-0.2, -0.15) is 10.1 Å². The average molecular weight is 285 g/mol. The third kappa shape index (κ3) is 4.15. The Hall–Kier alpha value is -2.17. The van der Waals surface area contributed by atoms with Crippen molar-refractivity contribution in [2.45, 2.75) is 40.2 Å². The Morgan fingerprint density at radius 1 is 1.24 bits per heavy atom. The zero-order valence-electron chi connectivity index (χ0n) is 13.4. The lowest BCUT2D eigenvalue weighted by Gasteiger charge is -2.24. The third-order valence-corrected chi connectivity index (χ3v) is 2.94. The van der Waals surface area contributed by atoms with Gasteiger partial charge in [-0.15, -0.1) is 5.10 Å². The second-order valence-corrected chi connectivity index (χ2v) is 6.10. The molecule has 1 aromatic heterocycles. The summed E-state index contributed by atoms with van der Waals surface area (Å²) in [7, 11) is 0. The first-order chi connectivity index (χ1) is 9.89. The number of anilines is 3. The van der Waals surface area contributed by atoms with Crippen LogP contribution >= 0.6 is 0 Å². The van der Waals surface area contributed by atoms with E-state index < -0.39 is 0 Å². The predicted octanol–water partition coefficient (Wildman–Crippen LogP) is 3.55. The van der Waals surface area contributed by atoms with Crippen LogP contribution in [0.1, 0.15) is 33.3 Å². The van der Waals surface area contributed by atoms with E-state index in [0.717, 1.165) is 18.1 Å². The van der Waals surface area contributed by atoms with Crippen LogP contribution in [0.4, 0.5) is 17.5 Å². The molecular formula is C16H23N5. The molecule has 0 radical (unpaired) electrons. The molecule has 0 saturated carbocycles. The van der Waals surface area contributed by atoms with Gasteiger partial charge in [-0.05, 0) is 52.3 Å². The van der Waals surface area contributed by atoms with Crippen LogP contribution in [0.3, 0.4) is 0 Å². The zero-order valence-corrected chi connectivity index (χ0v) is 13.4. The van der Waals surface area contributed by atoms with Crippen LogP contribution in [0.15, 0.2) is 30.5 Å². The fourth-order valence-electron chi connectivity index (χ4n) is 2.09. The molecule has 0 saturated heterocycles. The van der Waals surface area contributed by atoms with Gasteiger partial charge in [-0.25, -0.2) is 0 Å². The Bertz CT molecular complexity index is 604. The molecule has 0 spiro atoms. The molecule has 5 heteroatoms. The molecule has 112 valence electrons. The topological polar surface area (TPSA) is 53.9 Å². The summed E-state index contributed by atoms with van der Waals surface area (Å²) in [5.74, 6) is 1.34. The summed E-state index contributed by atoms with van der Waals surface area (Å²) in [4.78, 5) is 6.70. The second-order valence-electron chi connectivity index (χ2n) is 6.10. The molecule has 2 aromatic rings. The lowest BCUT2D eigenvalue weighted by atomic mass is 10.1. The maximum Gasteiger partial charge on any atom is 0.245 e. The fraction of sp³-hybridized carbons (Fsp3) is 0.438. The first-order valence-electron chi connectivity index (χ1n) is 7.21. The highest BCUT2D eigenvalue weighted by Crippen LogP contribution is 2.24. The molecule has 0 amide bonds. The Morgan fingerprint density at radius 2 is 2.00 bits per heavy atom. The Kier molecular flexibility index (Phi) is 4.40. The van der Waals surface area contributed by atoms with Gasteiger partial charge < -0.3 is 10.2 Å². The Labute approximate surface area is 126 Å². The van der Waals surface area contributed by atoms with E-state index in [1.165, 1.54) is 5.56 Å². The van der Waals surface area contributed by atoms with Crippen molar-refractivity contribution in [1.82, 2.24) is 15.2 Å². The molecule has 0 aliphatic rings. The van der Waals surface area contributed by atoms with E-state index in [2.05, 4.69) is 84.3 Å². The summed E-state index contributed by atoms with van der Waals surface area (Å²) in [6.45, 7) is 11.2. The number of nitrogens with zero attached hydrogens (tertiary/aromatic N) is 4. The molecule has 0 fully saturated rings. The summed E-state index contributed by atoms with van der Waals surface area (Å²) < 4.78 is 0. The lowest BCUT2D eigenvalue weighted by Crippen LogP contribution is -2.28. The van der Waals surface area contributed by atoms with E-state index in [-0.39, 0.29) is 5.54 Å². The van der Waals surface area contributed by atoms with Crippen molar-refractivity contribution < 1.29 is 0 Å². The van der Waals surface area contributed by atoms with Gasteiger partial charge in [0.2, 0.25) is 5.95 Å². The van der Waals surface area contributed by atoms with Crippen LogP contribution in [0.5, 0.6) is 0 Å². The van der Waals surface area contributed by atoms with Crippen molar-refractivity contribution in [3.8, 4) is 0 Å². The molecule has 1 aromatic carbocycles. The van der Waals surface area contributed by atoms with Crippen LogP contribution in [0, 0.1) is 6.92 Å². The highest BCUT2D eigenvalue weighted by molar-refractivity contribution is 5.60.